The fourth-order valence-corrected chi connectivity index (χ4v) is 1.73. The van der Waals surface area contributed by atoms with Gasteiger partial charge in [0.15, 0.2) is 0 Å². The molecule has 0 saturated heterocycles. The molecule has 108 valence electrons. The van der Waals surface area contributed by atoms with Gasteiger partial charge in [-0.1, -0.05) is 27.7 Å². The maximum absolute atomic E-state index is 5.91. The van der Waals surface area contributed by atoms with Crippen molar-refractivity contribution in [3.63, 3.8) is 0 Å². The number of nitrogens with one attached hydrogen (secondary N) is 1. The van der Waals surface area contributed by atoms with Gasteiger partial charge in [-0.25, -0.2) is 0 Å². The van der Waals surface area contributed by atoms with Crippen molar-refractivity contribution in [2.45, 2.75) is 47.6 Å². The molecular formula is C16H28N2O. The van der Waals surface area contributed by atoms with E-state index in [1.54, 1.807) is 0 Å². The SMILES string of the molecule is Cc1cc(OCCC(C)C)c(CNCC(C)C)cn1. The maximum Gasteiger partial charge on any atom is 0.127 e. The van der Waals surface area contributed by atoms with Gasteiger partial charge in [0.2, 0.25) is 0 Å². The second kappa shape index (κ2) is 8.16. The third-order valence-electron chi connectivity index (χ3n) is 2.90. The molecular weight excluding hydrogens is 236 g/mol. The molecule has 0 aromatic carbocycles. The lowest BCUT2D eigenvalue weighted by molar-refractivity contribution is 0.285. The number of hydrogen-bond acceptors (Lipinski definition) is 3. The van der Waals surface area contributed by atoms with Gasteiger partial charge in [-0.3, -0.25) is 4.98 Å². The van der Waals surface area contributed by atoms with E-state index >= 15 is 0 Å². The summed E-state index contributed by atoms with van der Waals surface area (Å²) in [4.78, 5) is 4.36. The third-order valence-corrected chi connectivity index (χ3v) is 2.90. The topological polar surface area (TPSA) is 34.1 Å². The first-order chi connectivity index (χ1) is 8.99. The molecule has 0 amide bonds. The van der Waals surface area contributed by atoms with Crippen LogP contribution in [0.1, 0.15) is 45.4 Å². The van der Waals surface area contributed by atoms with E-state index in [1.165, 1.54) is 0 Å². The Kier molecular flexibility index (Phi) is 6.85. The maximum atomic E-state index is 5.91. The normalized spacial score (nSPS) is 11.3. The first-order valence-electron chi connectivity index (χ1n) is 7.28. The van der Waals surface area contributed by atoms with Crippen LogP contribution in [0.15, 0.2) is 12.3 Å². The van der Waals surface area contributed by atoms with Crippen molar-refractivity contribution in [2.75, 3.05) is 13.2 Å². The second-order valence-electron chi connectivity index (χ2n) is 5.99. The fourth-order valence-electron chi connectivity index (χ4n) is 1.73. The van der Waals surface area contributed by atoms with Crippen molar-refractivity contribution in [2.24, 2.45) is 11.8 Å². The molecule has 1 aromatic rings. The van der Waals surface area contributed by atoms with Gasteiger partial charge in [0.1, 0.15) is 5.75 Å². The first-order valence-corrected chi connectivity index (χ1v) is 7.28. The Bertz CT molecular complexity index is 375. The second-order valence-corrected chi connectivity index (χ2v) is 5.99. The van der Waals surface area contributed by atoms with Gasteiger partial charge < -0.3 is 10.1 Å². The summed E-state index contributed by atoms with van der Waals surface area (Å²) in [5.74, 6) is 2.30. The third kappa shape index (κ3) is 6.58. The van der Waals surface area contributed by atoms with Gasteiger partial charge in [0.05, 0.1) is 6.61 Å². The lowest BCUT2D eigenvalue weighted by atomic mass is 10.1. The lowest BCUT2D eigenvalue weighted by Crippen LogP contribution is -2.19. The first kappa shape index (κ1) is 16.0. The Labute approximate surface area is 117 Å². The summed E-state index contributed by atoms with van der Waals surface area (Å²) in [6, 6.07) is 2.03. The number of hydrogen-bond donors (Lipinski definition) is 1. The summed E-state index contributed by atoms with van der Waals surface area (Å²) < 4.78 is 5.91. The van der Waals surface area contributed by atoms with Crippen LogP contribution >= 0.6 is 0 Å². The Hall–Kier alpha value is -1.09. The van der Waals surface area contributed by atoms with Crippen molar-refractivity contribution in [1.82, 2.24) is 10.3 Å². The number of rotatable bonds is 8. The van der Waals surface area contributed by atoms with Gasteiger partial charge in [-0.15, -0.1) is 0 Å². The highest BCUT2D eigenvalue weighted by Gasteiger charge is 2.06. The van der Waals surface area contributed by atoms with E-state index in [-0.39, 0.29) is 0 Å². The molecule has 1 aromatic heterocycles. The molecule has 0 aliphatic carbocycles. The molecule has 0 aliphatic rings. The van der Waals surface area contributed by atoms with Crippen molar-refractivity contribution < 1.29 is 4.74 Å². The van der Waals surface area contributed by atoms with Crippen LogP contribution in [0.25, 0.3) is 0 Å². The summed E-state index contributed by atoms with van der Waals surface area (Å²) in [6.45, 7) is 13.5. The molecule has 0 fully saturated rings. The molecule has 1 N–H and O–H groups in total. The van der Waals surface area contributed by atoms with E-state index in [9.17, 15) is 0 Å². The van der Waals surface area contributed by atoms with Crippen LogP contribution in [0.4, 0.5) is 0 Å². The average Bonchev–Trinajstić information content (AvgIpc) is 2.31. The van der Waals surface area contributed by atoms with Crippen LogP contribution in [-0.4, -0.2) is 18.1 Å². The van der Waals surface area contributed by atoms with Crippen LogP contribution in [0.2, 0.25) is 0 Å². The van der Waals surface area contributed by atoms with Crippen molar-refractivity contribution in [3.05, 3.63) is 23.5 Å². The molecule has 0 atom stereocenters. The van der Waals surface area contributed by atoms with Crippen molar-refractivity contribution in [3.8, 4) is 5.75 Å². The average molecular weight is 264 g/mol. The molecule has 3 heteroatoms. The Balaban J connectivity index is 2.58. The Morgan fingerprint density at radius 3 is 2.58 bits per heavy atom. The molecule has 0 unspecified atom stereocenters. The number of nitrogens with zero attached hydrogens (tertiary/aromatic N) is 1. The quantitative estimate of drug-likeness (QED) is 0.779. The zero-order chi connectivity index (χ0) is 14.3. The number of aryl methyl sites for hydroxylation is 1. The molecule has 1 rings (SSSR count). The predicted octanol–water partition coefficient (Wildman–Crippen LogP) is 3.56. The fraction of sp³-hybridized carbons (Fsp3) is 0.688. The van der Waals surface area contributed by atoms with E-state index in [0.717, 1.165) is 43.1 Å². The molecule has 0 spiro atoms. The summed E-state index contributed by atoms with van der Waals surface area (Å²) >= 11 is 0. The van der Waals surface area contributed by atoms with Gasteiger partial charge in [-0.05, 0) is 31.7 Å². The predicted molar refractivity (Wildman–Crippen MR) is 80.5 cm³/mol. The van der Waals surface area contributed by atoms with Gasteiger partial charge in [0.25, 0.3) is 0 Å². The van der Waals surface area contributed by atoms with Gasteiger partial charge >= 0.3 is 0 Å². The molecule has 0 saturated carbocycles. The highest BCUT2D eigenvalue weighted by atomic mass is 16.5. The number of pyridine rings is 1. The Morgan fingerprint density at radius 2 is 1.95 bits per heavy atom. The zero-order valence-corrected chi connectivity index (χ0v) is 13.0. The largest absolute Gasteiger partial charge is 0.493 e. The zero-order valence-electron chi connectivity index (χ0n) is 13.0. The molecule has 0 radical (unpaired) electrons. The Morgan fingerprint density at radius 1 is 1.21 bits per heavy atom. The number of aromatic nitrogens is 1. The minimum Gasteiger partial charge on any atom is -0.493 e. The molecule has 0 bridgehead atoms. The van der Waals surface area contributed by atoms with E-state index in [0.29, 0.717) is 11.8 Å². The van der Waals surface area contributed by atoms with Crippen LogP contribution in [-0.2, 0) is 6.54 Å². The highest BCUT2D eigenvalue weighted by Crippen LogP contribution is 2.19. The standard InChI is InChI=1S/C16H28N2O/c1-12(2)6-7-19-16-8-14(5)18-11-15(16)10-17-9-13(3)4/h8,11-13,17H,6-7,9-10H2,1-5H3. The van der Waals surface area contributed by atoms with Crippen molar-refractivity contribution >= 4 is 0 Å². The minimum atomic E-state index is 0.656. The van der Waals surface area contributed by atoms with E-state index in [2.05, 4.69) is 38.0 Å². The summed E-state index contributed by atoms with van der Waals surface area (Å²) in [7, 11) is 0. The minimum absolute atomic E-state index is 0.656. The monoisotopic (exact) mass is 264 g/mol. The van der Waals surface area contributed by atoms with Crippen molar-refractivity contribution in [1.29, 1.82) is 0 Å². The van der Waals surface area contributed by atoms with Gasteiger partial charge in [0, 0.05) is 30.1 Å². The molecule has 3 nitrogen and oxygen atoms in total. The van der Waals surface area contributed by atoms with Crippen LogP contribution in [0, 0.1) is 18.8 Å². The van der Waals surface area contributed by atoms with Crippen LogP contribution < -0.4 is 10.1 Å². The van der Waals surface area contributed by atoms with Gasteiger partial charge in [-0.2, -0.15) is 0 Å². The summed E-state index contributed by atoms with van der Waals surface area (Å²) in [6.07, 6.45) is 3.01. The van der Waals surface area contributed by atoms with Crippen LogP contribution in [0.3, 0.4) is 0 Å². The molecule has 0 aliphatic heterocycles. The van der Waals surface area contributed by atoms with E-state index in [1.807, 2.05) is 19.2 Å². The van der Waals surface area contributed by atoms with E-state index < -0.39 is 0 Å². The highest BCUT2D eigenvalue weighted by molar-refractivity contribution is 5.32. The molecule has 1 heterocycles. The summed E-state index contributed by atoms with van der Waals surface area (Å²) in [5, 5.41) is 3.44. The lowest BCUT2D eigenvalue weighted by Gasteiger charge is -2.14. The smallest absolute Gasteiger partial charge is 0.127 e. The van der Waals surface area contributed by atoms with E-state index in [4.69, 9.17) is 4.74 Å². The summed E-state index contributed by atoms with van der Waals surface area (Å²) in [5.41, 5.74) is 2.15. The number of ether oxygens (including phenoxy) is 1. The molecule has 19 heavy (non-hydrogen) atoms. The van der Waals surface area contributed by atoms with Crippen LogP contribution in [0.5, 0.6) is 5.75 Å².